The Hall–Kier alpha value is -0.940. The lowest BCUT2D eigenvalue weighted by molar-refractivity contribution is 0.116. The van der Waals surface area contributed by atoms with Gasteiger partial charge in [-0.05, 0) is 27.3 Å². The van der Waals surface area contributed by atoms with Crippen molar-refractivity contribution in [3.8, 4) is 0 Å². The molecule has 0 saturated heterocycles. The van der Waals surface area contributed by atoms with Gasteiger partial charge in [0.1, 0.15) is 0 Å². The molecule has 1 aromatic heterocycles. The predicted octanol–water partition coefficient (Wildman–Crippen LogP) is 1.19. The standard InChI is InChI=1S/C11H21N3O2/c1-8(12-3)5-6-11-13-10(14-16-11)7-9(2)15-4/h8-9,12H,5-7H2,1-4H3. The number of aromatic nitrogens is 2. The van der Waals surface area contributed by atoms with Crippen LogP contribution < -0.4 is 5.32 Å². The van der Waals surface area contributed by atoms with Crippen molar-refractivity contribution in [3.05, 3.63) is 11.7 Å². The Balaban J connectivity index is 2.39. The normalized spacial score (nSPS) is 15.0. The van der Waals surface area contributed by atoms with Crippen LogP contribution in [0.4, 0.5) is 0 Å². The van der Waals surface area contributed by atoms with Crippen LogP contribution in [0.3, 0.4) is 0 Å². The lowest BCUT2D eigenvalue weighted by atomic mass is 10.2. The smallest absolute Gasteiger partial charge is 0.226 e. The molecule has 2 atom stereocenters. The minimum absolute atomic E-state index is 0.127. The molecular weight excluding hydrogens is 206 g/mol. The van der Waals surface area contributed by atoms with Gasteiger partial charge in [-0.3, -0.25) is 0 Å². The Labute approximate surface area is 96.6 Å². The Morgan fingerprint density at radius 1 is 1.44 bits per heavy atom. The summed E-state index contributed by atoms with van der Waals surface area (Å²) in [6.45, 7) is 4.11. The molecule has 16 heavy (non-hydrogen) atoms. The van der Waals surface area contributed by atoms with Gasteiger partial charge in [-0.1, -0.05) is 5.16 Å². The lowest BCUT2D eigenvalue weighted by Gasteiger charge is -2.06. The topological polar surface area (TPSA) is 60.2 Å². The highest BCUT2D eigenvalue weighted by atomic mass is 16.5. The molecule has 0 fully saturated rings. The van der Waals surface area contributed by atoms with Crippen LogP contribution in [0.5, 0.6) is 0 Å². The number of hydrogen-bond acceptors (Lipinski definition) is 5. The number of methoxy groups -OCH3 is 1. The maximum Gasteiger partial charge on any atom is 0.226 e. The van der Waals surface area contributed by atoms with Gasteiger partial charge in [0.05, 0.1) is 6.10 Å². The highest BCUT2D eigenvalue weighted by Crippen LogP contribution is 2.05. The average Bonchev–Trinajstić information content (AvgIpc) is 2.73. The van der Waals surface area contributed by atoms with Crippen LogP contribution in [-0.2, 0) is 17.6 Å². The van der Waals surface area contributed by atoms with Gasteiger partial charge in [-0.15, -0.1) is 0 Å². The van der Waals surface area contributed by atoms with Gasteiger partial charge in [-0.2, -0.15) is 4.98 Å². The average molecular weight is 227 g/mol. The van der Waals surface area contributed by atoms with Gasteiger partial charge in [-0.25, -0.2) is 0 Å². The van der Waals surface area contributed by atoms with Crippen molar-refractivity contribution >= 4 is 0 Å². The van der Waals surface area contributed by atoms with E-state index < -0.39 is 0 Å². The summed E-state index contributed by atoms with van der Waals surface area (Å²) in [7, 11) is 3.63. The van der Waals surface area contributed by atoms with Crippen LogP contribution in [0, 0.1) is 0 Å². The number of rotatable bonds is 7. The quantitative estimate of drug-likeness (QED) is 0.758. The number of ether oxygens (including phenoxy) is 1. The van der Waals surface area contributed by atoms with E-state index in [0.717, 1.165) is 18.7 Å². The van der Waals surface area contributed by atoms with Gasteiger partial charge in [0.15, 0.2) is 5.82 Å². The van der Waals surface area contributed by atoms with Crippen LogP contribution >= 0.6 is 0 Å². The molecule has 0 radical (unpaired) electrons. The third-order valence-corrected chi connectivity index (χ3v) is 2.67. The summed E-state index contributed by atoms with van der Waals surface area (Å²) in [6.07, 6.45) is 2.64. The van der Waals surface area contributed by atoms with E-state index >= 15 is 0 Å². The zero-order chi connectivity index (χ0) is 12.0. The van der Waals surface area contributed by atoms with Crippen molar-refractivity contribution in [1.82, 2.24) is 15.5 Å². The molecule has 0 amide bonds. The predicted molar refractivity (Wildman–Crippen MR) is 61.3 cm³/mol. The van der Waals surface area contributed by atoms with E-state index in [1.807, 2.05) is 14.0 Å². The van der Waals surface area contributed by atoms with Gasteiger partial charge in [0.2, 0.25) is 5.89 Å². The van der Waals surface area contributed by atoms with E-state index in [4.69, 9.17) is 9.26 Å². The van der Waals surface area contributed by atoms with E-state index in [1.54, 1.807) is 7.11 Å². The number of aryl methyl sites for hydroxylation is 1. The first-order chi connectivity index (χ1) is 7.65. The molecule has 0 bridgehead atoms. The van der Waals surface area contributed by atoms with E-state index in [-0.39, 0.29) is 6.10 Å². The molecule has 1 aromatic rings. The Morgan fingerprint density at radius 2 is 2.19 bits per heavy atom. The minimum Gasteiger partial charge on any atom is -0.381 e. The zero-order valence-corrected chi connectivity index (χ0v) is 10.5. The highest BCUT2D eigenvalue weighted by Gasteiger charge is 2.10. The van der Waals surface area contributed by atoms with Gasteiger partial charge < -0.3 is 14.6 Å². The second-order valence-corrected chi connectivity index (χ2v) is 4.08. The largest absolute Gasteiger partial charge is 0.381 e. The van der Waals surface area contributed by atoms with Gasteiger partial charge in [0, 0.05) is 26.0 Å². The summed E-state index contributed by atoms with van der Waals surface area (Å²) in [5.74, 6) is 1.43. The SMILES string of the molecule is CNC(C)CCc1nc(CC(C)OC)no1. The van der Waals surface area contributed by atoms with Crippen molar-refractivity contribution in [1.29, 1.82) is 0 Å². The fourth-order valence-electron chi connectivity index (χ4n) is 1.30. The maximum absolute atomic E-state index is 5.16. The second kappa shape index (κ2) is 6.60. The minimum atomic E-state index is 0.127. The summed E-state index contributed by atoms with van der Waals surface area (Å²) in [6, 6.07) is 0.466. The first-order valence-corrected chi connectivity index (χ1v) is 5.67. The third kappa shape index (κ3) is 4.28. The van der Waals surface area contributed by atoms with E-state index in [2.05, 4.69) is 22.4 Å². The lowest BCUT2D eigenvalue weighted by Crippen LogP contribution is -2.21. The maximum atomic E-state index is 5.16. The molecule has 0 spiro atoms. The second-order valence-electron chi connectivity index (χ2n) is 4.08. The van der Waals surface area contributed by atoms with Crippen molar-refractivity contribution < 1.29 is 9.26 Å². The molecule has 0 aliphatic heterocycles. The van der Waals surface area contributed by atoms with Crippen LogP contribution in [-0.4, -0.2) is 36.4 Å². The monoisotopic (exact) mass is 227 g/mol. The van der Waals surface area contributed by atoms with Crippen molar-refractivity contribution in [2.24, 2.45) is 0 Å². The fraction of sp³-hybridized carbons (Fsp3) is 0.818. The molecule has 0 aromatic carbocycles. The fourth-order valence-corrected chi connectivity index (χ4v) is 1.30. The first-order valence-electron chi connectivity index (χ1n) is 5.67. The van der Waals surface area contributed by atoms with Crippen LogP contribution in [0.1, 0.15) is 32.0 Å². The Morgan fingerprint density at radius 3 is 2.81 bits per heavy atom. The van der Waals surface area contributed by atoms with Crippen molar-refractivity contribution in [2.75, 3.05) is 14.2 Å². The summed E-state index contributed by atoms with van der Waals surface area (Å²) < 4.78 is 10.3. The summed E-state index contributed by atoms with van der Waals surface area (Å²) in [5.41, 5.74) is 0. The van der Waals surface area contributed by atoms with Gasteiger partial charge in [0.25, 0.3) is 0 Å². The van der Waals surface area contributed by atoms with Crippen molar-refractivity contribution in [3.63, 3.8) is 0 Å². The Kier molecular flexibility index (Phi) is 5.42. The molecule has 2 unspecified atom stereocenters. The molecule has 5 heteroatoms. The molecule has 0 aliphatic carbocycles. The molecule has 1 rings (SSSR count). The van der Waals surface area contributed by atoms with E-state index in [9.17, 15) is 0 Å². The number of hydrogen-bond donors (Lipinski definition) is 1. The molecule has 92 valence electrons. The van der Waals surface area contributed by atoms with E-state index in [1.165, 1.54) is 0 Å². The van der Waals surface area contributed by atoms with Crippen LogP contribution in [0.25, 0.3) is 0 Å². The summed E-state index contributed by atoms with van der Waals surface area (Å²) >= 11 is 0. The van der Waals surface area contributed by atoms with Crippen molar-refractivity contribution in [2.45, 2.75) is 45.3 Å². The summed E-state index contributed by atoms with van der Waals surface area (Å²) in [5, 5.41) is 7.09. The van der Waals surface area contributed by atoms with E-state index in [0.29, 0.717) is 18.4 Å². The molecular formula is C11H21N3O2. The molecule has 0 saturated carbocycles. The third-order valence-electron chi connectivity index (χ3n) is 2.67. The molecule has 5 nitrogen and oxygen atoms in total. The Bertz CT molecular complexity index is 301. The number of nitrogens with zero attached hydrogens (tertiary/aromatic N) is 2. The zero-order valence-electron chi connectivity index (χ0n) is 10.5. The van der Waals surface area contributed by atoms with Crippen LogP contribution in [0.15, 0.2) is 4.52 Å². The van der Waals surface area contributed by atoms with Crippen LogP contribution in [0.2, 0.25) is 0 Å². The molecule has 1 heterocycles. The summed E-state index contributed by atoms with van der Waals surface area (Å²) in [4.78, 5) is 4.32. The molecule has 1 N–H and O–H groups in total. The number of nitrogens with one attached hydrogen (secondary N) is 1. The highest BCUT2D eigenvalue weighted by molar-refractivity contribution is 4.88. The first kappa shape index (κ1) is 13.1. The molecule has 0 aliphatic rings. The van der Waals surface area contributed by atoms with Gasteiger partial charge >= 0.3 is 0 Å².